The summed E-state index contributed by atoms with van der Waals surface area (Å²) >= 11 is 1.76. The number of ether oxygens (including phenoxy) is 2. The molecule has 11 nitrogen and oxygen atoms in total. The van der Waals surface area contributed by atoms with E-state index in [-0.39, 0.29) is 18.0 Å². The number of thioether (sulfide) groups is 1. The topological polar surface area (TPSA) is 92.9 Å². The lowest BCUT2D eigenvalue weighted by Gasteiger charge is -2.41. The molecule has 4 heterocycles. The SMILES string of the molecule is CC1CN(N2C=C(c3ccc(NC(=O)Nc4ccc(C(=O)N5CCC(N(C)C)CC5)cc4)cc3)SC(N3CCOCC3)=C2)CCO1. The normalized spacial score (nSPS) is 21.6. The minimum atomic E-state index is -0.339. The number of morpholine rings is 2. The number of hydrogen-bond acceptors (Lipinski definition) is 9. The molecule has 46 heavy (non-hydrogen) atoms. The zero-order valence-corrected chi connectivity index (χ0v) is 27.8. The Morgan fingerprint density at radius 2 is 1.50 bits per heavy atom. The number of urea groups is 1. The summed E-state index contributed by atoms with van der Waals surface area (Å²) in [5.74, 6) is 0.0368. The second kappa shape index (κ2) is 14.9. The minimum absolute atomic E-state index is 0.0368. The molecule has 4 aliphatic rings. The van der Waals surface area contributed by atoms with Gasteiger partial charge in [0.2, 0.25) is 0 Å². The van der Waals surface area contributed by atoms with Crippen LogP contribution in [0.5, 0.6) is 0 Å². The van der Waals surface area contributed by atoms with Crippen LogP contribution in [0.1, 0.15) is 35.7 Å². The summed E-state index contributed by atoms with van der Waals surface area (Å²) in [6.07, 6.45) is 6.54. The Balaban J connectivity index is 1.05. The van der Waals surface area contributed by atoms with Crippen LogP contribution < -0.4 is 10.6 Å². The fourth-order valence-corrected chi connectivity index (χ4v) is 7.26. The van der Waals surface area contributed by atoms with Gasteiger partial charge in [0.15, 0.2) is 0 Å². The van der Waals surface area contributed by atoms with Gasteiger partial charge in [-0.25, -0.2) is 9.80 Å². The number of nitrogens with zero attached hydrogens (tertiary/aromatic N) is 5. The van der Waals surface area contributed by atoms with E-state index in [1.54, 1.807) is 36.0 Å². The Kier molecular flexibility index (Phi) is 10.5. The maximum atomic E-state index is 13.0. The first kappa shape index (κ1) is 32.4. The van der Waals surface area contributed by atoms with Gasteiger partial charge in [0, 0.05) is 73.4 Å². The third kappa shape index (κ3) is 8.05. The van der Waals surface area contributed by atoms with Crippen LogP contribution in [-0.2, 0) is 9.47 Å². The van der Waals surface area contributed by atoms with Gasteiger partial charge < -0.3 is 34.8 Å². The van der Waals surface area contributed by atoms with Gasteiger partial charge in [-0.05, 0) is 75.8 Å². The molecule has 0 aliphatic carbocycles. The molecular weight excluding hydrogens is 602 g/mol. The van der Waals surface area contributed by atoms with Crippen molar-refractivity contribution in [3.05, 3.63) is 77.1 Å². The largest absolute Gasteiger partial charge is 0.378 e. The van der Waals surface area contributed by atoms with Crippen LogP contribution in [0.15, 0.2) is 66.0 Å². The third-order valence-electron chi connectivity index (χ3n) is 8.87. The Morgan fingerprint density at radius 1 is 0.848 bits per heavy atom. The summed E-state index contributed by atoms with van der Waals surface area (Å²) in [6, 6.07) is 15.2. The number of piperidine rings is 1. The molecule has 6 rings (SSSR count). The Labute approximate surface area is 276 Å². The van der Waals surface area contributed by atoms with Crippen molar-refractivity contribution in [1.82, 2.24) is 24.7 Å². The van der Waals surface area contributed by atoms with Crippen molar-refractivity contribution in [2.75, 3.05) is 83.8 Å². The predicted octanol–water partition coefficient (Wildman–Crippen LogP) is 4.61. The molecule has 3 amide bonds. The molecule has 3 saturated heterocycles. The molecule has 0 saturated carbocycles. The third-order valence-corrected chi connectivity index (χ3v) is 10.0. The average molecular weight is 648 g/mol. The molecule has 1 atom stereocenters. The zero-order valence-electron chi connectivity index (χ0n) is 27.0. The first-order chi connectivity index (χ1) is 22.3. The number of amides is 3. The molecule has 0 bridgehead atoms. The lowest BCUT2D eigenvalue weighted by atomic mass is 10.0. The Hall–Kier alpha value is -3.55. The standard InChI is InChI=1S/C34H45N7O4S/c1-25-22-40(18-21-45-25)41-23-31(46-32(24-41)38-16-19-44-20-17-38)26-4-8-28(9-5-26)35-34(43)36-29-10-6-27(7-11-29)33(42)39-14-12-30(13-15-39)37(2)3/h4-11,23-25,30H,12-22H2,1-3H3,(H2,35,36,43). The Bertz CT molecular complexity index is 1420. The first-order valence-electron chi connectivity index (χ1n) is 16.2. The monoisotopic (exact) mass is 647 g/mol. The smallest absolute Gasteiger partial charge is 0.323 e. The van der Waals surface area contributed by atoms with E-state index < -0.39 is 0 Å². The van der Waals surface area contributed by atoms with Crippen molar-refractivity contribution in [2.45, 2.75) is 31.9 Å². The molecule has 0 radical (unpaired) electrons. The van der Waals surface area contributed by atoms with E-state index in [4.69, 9.17) is 9.47 Å². The maximum absolute atomic E-state index is 13.0. The molecule has 2 aromatic rings. The van der Waals surface area contributed by atoms with Gasteiger partial charge in [0.05, 0.1) is 37.2 Å². The summed E-state index contributed by atoms with van der Waals surface area (Å²) in [7, 11) is 4.18. The van der Waals surface area contributed by atoms with E-state index in [0.717, 1.165) is 75.8 Å². The Morgan fingerprint density at radius 3 is 2.13 bits per heavy atom. The van der Waals surface area contributed by atoms with E-state index in [2.05, 4.69) is 63.9 Å². The predicted molar refractivity (Wildman–Crippen MR) is 183 cm³/mol. The molecule has 4 aliphatic heterocycles. The zero-order chi connectivity index (χ0) is 32.0. The van der Waals surface area contributed by atoms with Crippen LogP contribution in [-0.4, -0.2) is 122 Å². The van der Waals surface area contributed by atoms with Crippen LogP contribution in [0.2, 0.25) is 0 Å². The van der Waals surface area contributed by atoms with Gasteiger partial charge in [-0.15, -0.1) is 0 Å². The molecule has 12 heteroatoms. The first-order valence-corrected chi connectivity index (χ1v) is 17.0. The van der Waals surface area contributed by atoms with Crippen molar-refractivity contribution in [2.24, 2.45) is 0 Å². The number of hydrazine groups is 1. The quantitative estimate of drug-likeness (QED) is 0.447. The number of likely N-dealkylation sites (tertiary alicyclic amines) is 1. The fourth-order valence-electron chi connectivity index (χ4n) is 6.15. The van der Waals surface area contributed by atoms with Gasteiger partial charge in [-0.1, -0.05) is 23.9 Å². The maximum Gasteiger partial charge on any atom is 0.323 e. The number of carbonyl (C=O) groups excluding carboxylic acids is 2. The fraction of sp³-hybridized carbons (Fsp3) is 0.471. The number of hydrogen-bond donors (Lipinski definition) is 2. The molecule has 246 valence electrons. The molecular formula is C34H45N7O4S. The highest BCUT2D eigenvalue weighted by molar-refractivity contribution is 8.11. The molecule has 0 aromatic heterocycles. The van der Waals surface area contributed by atoms with Crippen LogP contribution in [0.25, 0.3) is 4.91 Å². The van der Waals surface area contributed by atoms with Gasteiger partial charge in [0.25, 0.3) is 5.91 Å². The van der Waals surface area contributed by atoms with Crippen LogP contribution in [0.4, 0.5) is 16.2 Å². The number of carbonyl (C=O) groups is 2. The van der Waals surface area contributed by atoms with Crippen molar-refractivity contribution in [3.8, 4) is 0 Å². The summed E-state index contributed by atoms with van der Waals surface area (Å²) < 4.78 is 11.4. The lowest BCUT2D eigenvalue weighted by Crippen LogP contribution is -2.48. The van der Waals surface area contributed by atoms with Crippen LogP contribution in [0, 0.1) is 0 Å². The van der Waals surface area contributed by atoms with E-state index in [1.165, 1.54) is 5.03 Å². The lowest BCUT2D eigenvalue weighted by molar-refractivity contribution is -0.0784. The highest BCUT2D eigenvalue weighted by atomic mass is 32.2. The van der Waals surface area contributed by atoms with Crippen LogP contribution >= 0.6 is 11.8 Å². The molecule has 2 aromatic carbocycles. The van der Waals surface area contributed by atoms with Gasteiger partial charge in [0.1, 0.15) is 0 Å². The van der Waals surface area contributed by atoms with E-state index in [9.17, 15) is 9.59 Å². The average Bonchev–Trinajstić information content (AvgIpc) is 3.09. The molecule has 0 spiro atoms. The summed E-state index contributed by atoms with van der Waals surface area (Å²) in [6.45, 7) is 9.18. The van der Waals surface area contributed by atoms with Gasteiger partial charge in [-0.2, -0.15) is 0 Å². The van der Waals surface area contributed by atoms with Crippen molar-refractivity contribution in [1.29, 1.82) is 0 Å². The van der Waals surface area contributed by atoms with Crippen LogP contribution in [0.3, 0.4) is 0 Å². The molecule has 2 N–H and O–H groups in total. The highest BCUT2D eigenvalue weighted by Gasteiger charge is 2.27. The highest BCUT2D eigenvalue weighted by Crippen LogP contribution is 2.40. The molecule has 3 fully saturated rings. The van der Waals surface area contributed by atoms with Crippen molar-refractivity contribution >= 4 is 40.0 Å². The number of anilines is 2. The number of rotatable bonds is 7. The second-order valence-corrected chi connectivity index (χ2v) is 13.4. The van der Waals surface area contributed by atoms with Crippen molar-refractivity contribution < 1.29 is 19.1 Å². The molecule has 1 unspecified atom stereocenters. The number of nitrogens with one attached hydrogen (secondary N) is 2. The minimum Gasteiger partial charge on any atom is -0.378 e. The van der Waals surface area contributed by atoms with Gasteiger partial charge >= 0.3 is 6.03 Å². The summed E-state index contributed by atoms with van der Waals surface area (Å²) in [4.78, 5) is 33.5. The second-order valence-electron chi connectivity index (χ2n) is 12.4. The van der Waals surface area contributed by atoms with E-state index in [1.807, 2.05) is 29.2 Å². The van der Waals surface area contributed by atoms with E-state index in [0.29, 0.717) is 29.6 Å². The van der Waals surface area contributed by atoms with Crippen molar-refractivity contribution in [3.63, 3.8) is 0 Å². The summed E-state index contributed by atoms with van der Waals surface area (Å²) in [5.41, 5.74) is 3.03. The van der Waals surface area contributed by atoms with Gasteiger partial charge in [-0.3, -0.25) is 9.80 Å². The van der Waals surface area contributed by atoms with E-state index >= 15 is 0 Å². The summed E-state index contributed by atoms with van der Waals surface area (Å²) in [5, 5.41) is 11.5. The number of benzene rings is 2.